The van der Waals surface area contributed by atoms with Crippen molar-refractivity contribution in [3.63, 3.8) is 0 Å². The summed E-state index contributed by atoms with van der Waals surface area (Å²) in [7, 11) is 4.26. The van der Waals surface area contributed by atoms with Crippen molar-refractivity contribution in [3.8, 4) is 0 Å². The van der Waals surface area contributed by atoms with Crippen LogP contribution in [0.2, 0.25) is 0 Å². The van der Waals surface area contributed by atoms with Gasteiger partial charge in [0, 0.05) is 23.3 Å². The molecule has 15 nitrogen and oxygen atoms in total. The van der Waals surface area contributed by atoms with Crippen LogP contribution in [0.15, 0.2) is 60.7 Å². The van der Waals surface area contributed by atoms with Crippen LogP contribution < -0.4 is 32.3 Å². The number of alkyl carbamates (subject to hydrolysis) is 1. The van der Waals surface area contributed by atoms with Crippen molar-refractivity contribution < 1.29 is 43.4 Å². The van der Waals surface area contributed by atoms with Crippen LogP contribution in [0.25, 0.3) is 0 Å². The van der Waals surface area contributed by atoms with E-state index in [2.05, 4.69) is 26.6 Å². The van der Waals surface area contributed by atoms with Gasteiger partial charge in [-0.2, -0.15) is 0 Å². The van der Waals surface area contributed by atoms with E-state index in [4.69, 9.17) is 10.5 Å². The molecule has 0 heterocycles. The molecule has 2 aromatic carbocycles. The fourth-order valence-corrected chi connectivity index (χ4v) is 8.90. The molecule has 0 unspecified atom stereocenters. The summed E-state index contributed by atoms with van der Waals surface area (Å²) >= 11 is 0. The Bertz CT molecular complexity index is 1510. The number of aliphatic carboxylic acids is 1. The third-order valence-electron chi connectivity index (χ3n) is 6.79. The first-order chi connectivity index (χ1) is 24.5. The molecule has 52 heavy (non-hydrogen) atoms. The number of carboxylic acid groups (broad SMARTS) is 1. The van der Waals surface area contributed by atoms with E-state index in [9.17, 15) is 38.7 Å². The Balaban J connectivity index is 2.02. The van der Waals surface area contributed by atoms with Crippen molar-refractivity contribution in [2.24, 2.45) is 5.73 Å². The highest BCUT2D eigenvalue weighted by atomic mass is 33.5. The smallest absolute Gasteiger partial charge is 0.408 e. The second-order valence-corrected chi connectivity index (χ2v) is 17.4. The minimum absolute atomic E-state index is 0.0216. The van der Waals surface area contributed by atoms with Crippen LogP contribution in [0.4, 0.5) is 4.79 Å². The lowest BCUT2D eigenvalue weighted by molar-refractivity contribution is -0.141. The molecule has 0 spiro atoms. The van der Waals surface area contributed by atoms with Crippen LogP contribution in [0.5, 0.6) is 0 Å². The Labute approximate surface area is 314 Å². The minimum atomic E-state index is -1.27. The summed E-state index contributed by atoms with van der Waals surface area (Å²) in [5.41, 5.74) is 6.62. The normalized spacial score (nSPS) is 13.3. The van der Waals surface area contributed by atoms with Crippen LogP contribution in [-0.4, -0.2) is 87.9 Å². The minimum Gasteiger partial charge on any atom is -0.480 e. The molecule has 6 amide bonds. The molecule has 0 aromatic heterocycles. The van der Waals surface area contributed by atoms with E-state index in [-0.39, 0.29) is 36.4 Å². The average molecular weight is 779 g/mol. The van der Waals surface area contributed by atoms with E-state index >= 15 is 0 Å². The van der Waals surface area contributed by atoms with E-state index in [1.54, 1.807) is 71.5 Å². The van der Waals surface area contributed by atoms with Gasteiger partial charge in [0.05, 0.1) is 6.54 Å². The molecule has 18 heteroatoms. The Morgan fingerprint density at radius 3 is 1.98 bits per heavy atom. The topological polar surface area (TPSA) is 235 Å². The molecule has 284 valence electrons. The molecule has 0 saturated carbocycles. The zero-order valence-corrected chi connectivity index (χ0v) is 31.8. The van der Waals surface area contributed by atoms with Crippen molar-refractivity contribution in [1.82, 2.24) is 26.6 Å². The number of nitrogens with two attached hydrogens (primary N) is 1. The molecule has 0 aliphatic rings. The van der Waals surface area contributed by atoms with Gasteiger partial charge in [0.25, 0.3) is 0 Å². The largest absolute Gasteiger partial charge is 0.480 e. The predicted molar refractivity (Wildman–Crippen MR) is 202 cm³/mol. The second-order valence-electron chi connectivity index (χ2n) is 12.5. The standard InChI is InChI=1S/C34H46N6O9S3/c1-21(29(43)39-26(32(46)47)20-50-52-51-34(2,3)4)37-31(45)25(17-22-11-7-5-8-12-22)38-28(42)18-36-30(44)24(15-16-27(35)41)40-33(48)49-19-23-13-9-6-10-14-23/h5-14,21,24-26H,15-20H2,1-4H3,(H2,35,41)(H,36,44)(H,37,45)(H,38,42)(H,39,43)(H,40,48)(H,46,47)/t21-,24-,25-,26-/m0/s1. The number of hydrogen-bond acceptors (Lipinski definition) is 11. The molecule has 2 aromatic rings. The zero-order chi connectivity index (χ0) is 38.7. The third-order valence-corrected chi connectivity index (χ3v) is 11.8. The van der Waals surface area contributed by atoms with E-state index in [1.807, 2.05) is 20.8 Å². The highest BCUT2D eigenvalue weighted by molar-refractivity contribution is 9.09. The molecule has 4 atom stereocenters. The monoisotopic (exact) mass is 778 g/mol. The van der Waals surface area contributed by atoms with Gasteiger partial charge in [-0.05, 0) is 34.3 Å². The molecular weight excluding hydrogens is 733 g/mol. The molecule has 8 N–H and O–H groups in total. The van der Waals surface area contributed by atoms with E-state index in [0.29, 0.717) is 11.1 Å². The van der Waals surface area contributed by atoms with Gasteiger partial charge in [-0.15, -0.1) is 0 Å². The lowest BCUT2D eigenvalue weighted by atomic mass is 10.0. The second kappa shape index (κ2) is 22.5. The number of ether oxygens (including phenoxy) is 1. The Kier molecular flexibility index (Phi) is 18.9. The summed E-state index contributed by atoms with van der Waals surface area (Å²) in [5, 5.41) is 21.9. The van der Waals surface area contributed by atoms with Gasteiger partial charge in [-0.3, -0.25) is 24.0 Å². The Morgan fingerprint density at radius 1 is 0.788 bits per heavy atom. The van der Waals surface area contributed by atoms with Gasteiger partial charge in [0.2, 0.25) is 29.5 Å². The Morgan fingerprint density at radius 2 is 1.40 bits per heavy atom. The summed E-state index contributed by atoms with van der Waals surface area (Å²) in [5.74, 6) is -4.89. The van der Waals surface area contributed by atoms with Crippen LogP contribution in [0.3, 0.4) is 0 Å². The third kappa shape index (κ3) is 18.2. The lowest BCUT2D eigenvalue weighted by Gasteiger charge is -2.23. The fourth-order valence-electron chi connectivity index (χ4n) is 4.13. The zero-order valence-electron chi connectivity index (χ0n) is 29.3. The highest BCUT2D eigenvalue weighted by Crippen LogP contribution is 2.43. The molecule has 0 saturated heterocycles. The maximum atomic E-state index is 13.4. The number of carbonyl (C=O) groups is 7. The number of benzene rings is 2. The predicted octanol–water partition coefficient (Wildman–Crippen LogP) is 2.29. The molecule has 0 aliphatic carbocycles. The van der Waals surface area contributed by atoms with Gasteiger partial charge >= 0.3 is 12.1 Å². The number of amides is 6. The first-order valence-electron chi connectivity index (χ1n) is 16.2. The number of carbonyl (C=O) groups excluding carboxylic acids is 6. The number of rotatable bonds is 21. The van der Waals surface area contributed by atoms with Gasteiger partial charge in [0.15, 0.2) is 0 Å². The van der Waals surface area contributed by atoms with Crippen molar-refractivity contribution in [3.05, 3.63) is 71.8 Å². The van der Waals surface area contributed by atoms with Gasteiger partial charge in [-0.1, -0.05) is 103 Å². The van der Waals surface area contributed by atoms with Crippen molar-refractivity contribution in [2.45, 2.75) is 82.5 Å². The molecule has 0 fully saturated rings. The number of hydrogen-bond donors (Lipinski definition) is 7. The van der Waals surface area contributed by atoms with Crippen LogP contribution in [-0.2, 0) is 46.5 Å². The molecule has 0 bridgehead atoms. The van der Waals surface area contributed by atoms with Gasteiger partial charge < -0.3 is 42.2 Å². The maximum absolute atomic E-state index is 13.4. The quantitative estimate of drug-likeness (QED) is 0.0715. The summed E-state index contributed by atoms with van der Waals surface area (Å²) in [6, 6.07) is 12.7. The van der Waals surface area contributed by atoms with Crippen LogP contribution in [0.1, 0.15) is 51.7 Å². The number of nitrogens with one attached hydrogen (secondary N) is 5. The summed E-state index contributed by atoms with van der Waals surface area (Å²) in [6.07, 6.45) is -1.32. The van der Waals surface area contributed by atoms with Gasteiger partial charge in [0.1, 0.15) is 30.8 Å². The lowest BCUT2D eigenvalue weighted by Crippen LogP contribution is -2.56. The van der Waals surface area contributed by atoms with Crippen LogP contribution >= 0.6 is 31.4 Å². The van der Waals surface area contributed by atoms with Crippen molar-refractivity contribution in [1.29, 1.82) is 0 Å². The van der Waals surface area contributed by atoms with E-state index < -0.39 is 72.3 Å². The average Bonchev–Trinajstić information content (AvgIpc) is 3.09. The summed E-state index contributed by atoms with van der Waals surface area (Å²) < 4.78 is 5.12. The fraction of sp³-hybridized carbons (Fsp3) is 0.441. The number of carboxylic acids is 1. The summed E-state index contributed by atoms with van der Waals surface area (Å²) in [6.45, 7) is 6.77. The molecule has 0 aliphatic heterocycles. The Hall–Kier alpha value is -4.42. The molecule has 2 rings (SSSR count). The molecule has 0 radical (unpaired) electrons. The van der Waals surface area contributed by atoms with Gasteiger partial charge in [-0.25, -0.2) is 9.59 Å². The maximum Gasteiger partial charge on any atom is 0.408 e. The molecular formula is C34H46N6O9S3. The summed E-state index contributed by atoms with van der Waals surface area (Å²) in [4.78, 5) is 87.9. The first-order valence-corrected chi connectivity index (χ1v) is 19.9. The number of primary amides is 1. The van der Waals surface area contributed by atoms with E-state index in [1.165, 1.54) is 27.5 Å². The highest BCUT2D eigenvalue weighted by Gasteiger charge is 2.29. The van der Waals surface area contributed by atoms with E-state index in [0.717, 1.165) is 0 Å². The first kappa shape index (κ1) is 43.7. The SMILES string of the molecule is C[C@H](NC(=O)[C@H](Cc1ccccc1)NC(=O)CNC(=O)[C@H](CCC(N)=O)NC(=O)OCc1ccccc1)C(=O)N[C@@H](CSSSC(C)(C)C)C(=O)O. The van der Waals surface area contributed by atoms with Crippen LogP contribution in [0, 0.1) is 0 Å². The van der Waals surface area contributed by atoms with Crippen molar-refractivity contribution in [2.75, 3.05) is 12.3 Å². The van der Waals surface area contributed by atoms with Crippen molar-refractivity contribution >= 4 is 73.0 Å².